The molecule has 1 aliphatic carbocycles. The third kappa shape index (κ3) is 7.92. The van der Waals surface area contributed by atoms with E-state index in [1.807, 2.05) is 20.9 Å². The Morgan fingerprint density at radius 2 is 2.03 bits per heavy atom. The van der Waals surface area contributed by atoms with Crippen molar-refractivity contribution in [3.8, 4) is 0 Å². The van der Waals surface area contributed by atoms with Crippen LogP contribution in [-0.4, -0.2) is 49.1 Å². The van der Waals surface area contributed by atoms with Crippen LogP contribution in [0.2, 0.25) is 0 Å². The van der Waals surface area contributed by atoms with Gasteiger partial charge in [-0.1, -0.05) is 11.6 Å². The van der Waals surface area contributed by atoms with Gasteiger partial charge in [0.25, 0.3) is 0 Å². The van der Waals surface area contributed by atoms with E-state index in [1.54, 1.807) is 5.57 Å². The van der Waals surface area contributed by atoms with Crippen LogP contribution < -0.4 is 10.6 Å². The van der Waals surface area contributed by atoms with E-state index < -0.39 is 0 Å². The van der Waals surface area contributed by atoms with Crippen LogP contribution in [0.4, 0.5) is 0 Å². The Morgan fingerprint density at radius 3 is 2.66 bits per heavy atom. The number of nitrogens with zero attached hydrogens (tertiary/aromatic N) is 3. The average Bonchev–Trinajstić information content (AvgIpc) is 3.03. The maximum absolute atomic E-state index is 5.73. The van der Waals surface area contributed by atoms with Crippen LogP contribution in [0.3, 0.4) is 0 Å². The van der Waals surface area contributed by atoms with Gasteiger partial charge in [-0.2, -0.15) is 0 Å². The van der Waals surface area contributed by atoms with Gasteiger partial charge in [-0.3, -0.25) is 9.89 Å². The second-order valence-corrected chi connectivity index (χ2v) is 8.21. The van der Waals surface area contributed by atoms with Crippen molar-refractivity contribution in [2.45, 2.75) is 65.3 Å². The Kier molecular flexibility index (Phi) is 10.5. The zero-order chi connectivity index (χ0) is 19.8. The number of hydrogen-bond donors (Lipinski definition) is 2. The summed E-state index contributed by atoms with van der Waals surface area (Å²) in [7, 11) is 1.86. The molecule has 1 fully saturated rings. The van der Waals surface area contributed by atoms with Crippen LogP contribution >= 0.6 is 24.0 Å². The second kappa shape index (κ2) is 12.6. The maximum Gasteiger partial charge on any atom is 0.208 e. The largest absolute Gasteiger partial charge is 0.444 e. The summed E-state index contributed by atoms with van der Waals surface area (Å²) in [6.07, 6.45) is 11.2. The van der Waals surface area contributed by atoms with Crippen LogP contribution in [0.5, 0.6) is 0 Å². The van der Waals surface area contributed by atoms with Crippen LogP contribution in [0.15, 0.2) is 21.1 Å². The van der Waals surface area contributed by atoms with Crippen molar-refractivity contribution in [1.29, 1.82) is 0 Å². The van der Waals surface area contributed by atoms with Gasteiger partial charge in [-0.25, -0.2) is 4.98 Å². The molecule has 0 unspecified atom stereocenters. The lowest BCUT2D eigenvalue weighted by Crippen LogP contribution is -2.43. The molecular formula is C22H38IN5O. The third-order valence-electron chi connectivity index (χ3n) is 6.04. The first-order chi connectivity index (χ1) is 13.6. The molecule has 29 heavy (non-hydrogen) atoms. The highest BCUT2D eigenvalue weighted by molar-refractivity contribution is 14.0. The third-order valence-corrected chi connectivity index (χ3v) is 6.04. The molecule has 0 saturated carbocycles. The van der Waals surface area contributed by atoms with Gasteiger partial charge >= 0.3 is 0 Å². The highest BCUT2D eigenvalue weighted by Crippen LogP contribution is 2.20. The Balaban J connectivity index is 0.00000300. The Labute approximate surface area is 193 Å². The lowest BCUT2D eigenvalue weighted by molar-refractivity contribution is 0.164. The zero-order valence-corrected chi connectivity index (χ0v) is 20.6. The number of guanidine groups is 1. The molecule has 1 aliphatic heterocycles. The SMILES string of the molecule is CN=C(NCCC1=CCCCC1)NCC1CCN(Cc2nc(C)c(C)o2)CC1.I. The summed E-state index contributed by atoms with van der Waals surface area (Å²) in [6.45, 7) is 8.99. The number of likely N-dealkylation sites (tertiary alicyclic amines) is 1. The molecule has 2 aliphatic rings. The number of nitrogens with one attached hydrogen (secondary N) is 2. The van der Waals surface area contributed by atoms with Crippen LogP contribution in [-0.2, 0) is 6.54 Å². The first kappa shape index (κ1) is 24.2. The summed E-state index contributed by atoms with van der Waals surface area (Å²) < 4.78 is 5.73. The number of oxazole rings is 1. The van der Waals surface area contributed by atoms with E-state index >= 15 is 0 Å². The van der Waals surface area contributed by atoms with E-state index in [4.69, 9.17) is 4.42 Å². The molecule has 7 heteroatoms. The van der Waals surface area contributed by atoms with Gasteiger partial charge in [0.05, 0.1) is 12.2 Å². The monoisotopic (exact) mass is 515 g/mol. The van der Waals surface area contributed by atoms with Gasteiger partial charge < -0.3 is 15.1 Å². The fourth-order valence-corrected chi connectivity index (χ4v) is 4.08. The Hall–Kier alpha value is -1.09. The predicted molar refractivity (Wildman–Crippen MR) is 130 cm³/mol. The number of hydrogen-bond acceptors (Lipinski definition) is 4. The molecule has 1 saturated heterocycles. The molecule has 1 aromatic heterocycles. The minimum atomic E-state index is 0. The molecule has 1 aromatic rings. The van der Waals surface area contributed by atoms with Gasteiger partial charge in [-0.05, 0) is 77.8 Å². The quantitative estimate of drug-likeness (QED) is 0.247. The number of aryl methyl sites for hydroxylation is 2. The summed E-state index contributed by atoms with van der Waals surface area (Å²) in [5.74, 6) is 3.42. The van der Waals surface area contributed by atoms with Crippen molar-refractivity contribution in [1.82, 2.24) is 20.5 Å². The molecule has 0 amide bonds. The molecular weight excluding hydrogens is 477 g/mol. The summed E-state index contributed by atoms with van der Waals surface area (Å²) in [4.78, 5) is 11.3. The molecule has 0 aromatic carbocycles. The maximum atomic E-state index is 5.73. The number of aliphatic imine (C=N–C) groups is 1. The molecule has 2 heterocycles. The van der Waals surface area contributed by atoms with Crippen LogP contribution in [0.1, 0.15) is 62.3 Å². The highest BCUT2D eigenvalue weighted by Gasteiger charge is 2.21. The number of rotatable bonds is 7. The molecule has 6 nitrogen and oxygen atoms in total. The van der Waals surface area contributed by atoms with E-state index in [9.17, 15) is 0 Å². The molecule has 0 bridgehead atoms. The fourth-order valence-electron chi connectivity index (χ4n) is 4.08. The van der Waals surface area contributed by atoms with Crippen molar-refractivity contribution in [2.75, 3.05) is 33.2 Å². The van der Waals surface area contributed by atoms with Gasteiger partial charge in [0, 0.05) is 20.1 Å². The van der Waals surface area contributed by atoms with E-state index in [-0.39, 0.29) is 24.0 Å². The summed E-state index contributed by atoms with van der Waals surface area (Å²) in [5.41, 5.74) is 2.62. The Morgan fingerprint density at radius 1 is 1.24 bits per heavy atom. The fraction of sp³-hybridized carbons (Fsp3) is 0.727. The van der Waals surface area contributed by atoms with E-state index in [1.165, 1.54) is 38.5 Å². The van der Waals surface area contributed by atoms with Crippen molar-refractivity contribution in [2.24, 2.45) is 10.9 Å². The van der Waals surface area contributed by atoms with Gasteiger partial charge in [0.15, 0.2) is 5.96 Å². The summed E-state index contributed by atoms with van der Waals surface area (Å²) in [5, 5.41) is 6.99. The van der Waals surface area contributed by atoms with Crippen LogP contribution in [0.25, 0.3) is 0 Å². The second-order valence-electron chi connectivity index (χ2n) is 8.21. The summed E-state index contributed by atoms with van der Waals surface area (Å²) in [6, 6.07) is 0. The molecule has 0 radical (unpaired) electrons. The minimum Gasteiger partial charge on any atom is -0.444 e. The van der Waals surface area contributed by atoms with E-state index in [0.29, 0.717) is 5.92 Å². The number of allylic oxidation sites excluding steroid dienone is 1. The predicted octanol–water partition coefficient (Wildman–Crippen LogP) is 4.18. The lowest BCUT2D eigenvalue weighted by Gasteiger charge is -2.31. The van der Waals surface area contributed by atoms with E-state index in [0.717, 1.165) is 62.4 Å². The van der Waals surface area contributed by atoms with Gasteiger partial charge in [0.2, 0.25) is 5.89 Å². The average molecular weight is 515 g/mol. The molecule has 0 atom stereocenters. The number of piperidine rings is 1. The molecule has 0 spiro atoms. The standard InChI is InChI=1S/C22H37N5O.HI/c1-17-18(2)28-21(26-17)16-27-13-10-20(11-14-27)15-25-22(23-3)24-12-9-19-7-5-4-6-8-19;/h7,20H,4-6,8-16H2,1-3H3,(H2,23,24,25);1H. The number of aromatic nitrogens is 1. The van der Waals surface area contributed by atoms with Crippen molar-refractivity contribution < 1.29 is 4.42 Å². The first-order valence-corrected chi connectivity index (χ1v) is 10.9. The smallest absolute Gasteiger partial charge is 0.208 e. The lowest BCUT2D eigenvalue weighted by atomic mass is 9.97. The Bertz CT molecular complexity index is 657. The van der Waals surface area contributed by atoms with Gasteiger partial charge in [0.1, 0.15) is 5.76 Å². The van der Waals surface area contributed by atoms with Gasteiger partial charge in [-0.15, -0.1) is 24.0 Å². The van der Waals surface area contributed by atoms with Crippen LogP contribution in [0, 0.1) is 19.8 Å². The molecule has 2 N–H and O–H groups in total. The zero-order valence-electron chi connectivity index (χ0n) is 18.3. The van der Waals surface area contributed by atoms with Crippen molar-refractivity contribution in [3.63, 3.8) is 0 Å². The highest BCUT2D eigenvalue weighted by atomic mass is 127. The minimum absolute atomic E-state index is 0. The first-order valence-electron chi connectivity index (χ1n) is 10.9. The number of halogens is 1. The van der Waals surface area contributed by atoms with Crippen molar-refractivity contribution in [3.05, 3.63) is 29.0 Å². The normalized spacial score (nSPS) is 18.9. The summed E-state index contributed by atoms with van der Waals surface area (Å²) >= 11 is 0. The molecule has 3 rings (SSSR count). The molecule has 164 valence electrons. The van der Waals surface area contributed by atoms with E-state index in [2.05, 4.69) is 31.6 Å². The topological polar surface area (TPSA) is 65.7 Å². The van der Waals surface area contributed by atoms with Crippen molar-refractivity contribution >= 4 is 29.9 Å².